The van der Waals surface area contributed by atoms with Gasteiger partial charge in [-0.05, 0) is 18.1 Å². The molecule has 6 nitrogen and oxygen atoms in total. The summed E-state index contributed by atoms with van der Waals surface area (Å²) in [7, 11) is 0. The number of nitrogens with two attached hydrogens (primary N) is 1. The highest BCUT2D eigenvalue weighted by Crippen LogP contribution is 2.36. The summed E-state index contributed by atoms with van der Waals surface area (Å²) in [5.41, 5.74) is 7.12. The summed E-state index contributed by atoms with van der Waals surface area (Å²) in [6.07, 6.45) is 1.37. The van der Waals surface area contributed by atoms with Crippen LogP contribution in [0, 0.1) is 0 Å². The zero-order valence-electron chi connectivity index (χ0n) is 9.94. The lowest BCUT2D eigenvalue weighted by Crippen LogP contribution is -2.27. The van der Waals surface area contributed by atoms with Gasteiger partial charge in [0.15, 0.2) is 5.82 Å². The molecule has 0 bridgehead atoms. The van der Waals surface area contributed by atoms with E-state index in [1.165, 1.54) is 6.33 Å². The van der Waals surface area contributed by atoms with Crippen LogP contribution in [-0.2, 0) is 0 Å². The molecule has 100 valence electrons. The number of anilines is 1. The molecule has 0 amide bonds. The van der Waals surface area contributed by atoms with Crippen molar-refractivity contribution in [3.63, 3.8) is 0 Å². The highest BCUT2D eigenvalue weighted by Gasteiger charge is 2.39. The lowest BCUT2D eigenvalue weighted by atomic mass is 10.2. The standard InChI is InChI=1S/C12H13FN4O2/c13-4-6-3-8(11(19)10(6)18)17-5-16-9-7(17)1-2-15-12(9)14/h1-2,4-5,8,10-11,18-19H,3H2,(H2,14,15)/b6-4+/t8-,10-,11+/m1/s1. The summed E-state index contributed by atoms with van der Waals surface area (Å²) in [6, 6.07) is 1.25. The molecule has 0 aromatic carbocycles. The van der Waals surface area contributed by atoms with Crippen LogP contribution in [-0.4, -0.2) is 37.0 Å². The minimum atomic E-state index is -1.19. The first-order valence-corrected chi connectivity index (χ1v) is 5.85. The van der Waals surface area contributed by atoms with Gasteiger partial charge in [0, 0.05) is 6.20 Å². The van der Waals surface area contributed by atoms with Gasteiger partial charge in [-0.2, -0.15) is 0 Å². The normalized spacial score (nSPS) is 29.4. The van der Waals surface area contributed by atoms with E-state index in [9.17, 15) is 14.6 Å². The van der Waals surface area contributed by atoms with Crippen LogP contribution < -0.4 is 5.73 Å². The van der Waals surface area contributed by atoms with E-state index < -0.39 is 18.2 Å². The van der Waals surface area contributed by atoms with Crippen molar-refractivity contribution < 1.29 is 14.6 Å². The fourth-order valence-electron chi connectivity index (χ4n) is 2.53. The Morgan fingerprint density at radius 2 is 2.21 bits per heavy atom. The van der Waals surface area contributed by atoms with Crippen molar-refractivity contribution in [2.24, 2.45) is 0 Å². The molecule has 0 radical (unpaired) electrons. The third-order valence-corrected chi connectivity index (χ3v) is 3.56. The van der Waals surface area contributed by atoms with Gasteiger partial charge in [0.2, 0.25) is 0 Å². The van der Waals surface area contributed by atoms with Crippen molar-refractivity contribution in [1.82, 2.24) is 14.5 Å². The first kappa shape index (κ1) is 12.1. The molecular weight excluding hydrogens is 251 g/mol. The number of nitrogen functional groups attached to an aromatic ring is 1. The highest BCUT2D eigenvalue weighted by atomic mass is 19.1. The van der Waals surface area contributed by atoms with Gasteiger partial charge in [0.25, 0.3) is 0 Å². The third kappa shape index (κ3) is 1.70. The van der Waals surface area contributed by atoms with Crippen LogP contribution >= 0.6 is 0 Å². The molecule has 0 saturated heterocycles. The Bertz CT molecular complexity index is 654. The van der Waals surface area contributed by atoms with E-state index in [2.05, 4.69) is 9.97 Å². The predicted molar refractivity (Wildman–Crippen MR) is 66.8 cm³/mol. The topological polar surface area (TPSA) is 97.2 Å². The zero-order chi connectivity index (χ0) is 13.6. The molecule has 19 heavy (non-hydrogen) atoms. The monoisotopic (exact) mass is 264 g/mol. The summed E-state index contributed by atoms with van der Waals surface area (Å²) in [5.74, 6) is 0.297. The number of aliphatic hydroxyl groups excluding tert-OH is 2. The Morgan fingerprint density at radius 1 is 1.42 bits per heavy atom. The van der Waals surface area contributed by atoms with Gasteiger partial charge in [-0.25, -0.2) is 14.4 Å². The summed E-state index contributed by atoms with van der Waals surface area (Å²) in [4.78, 5) is 8.07. The molecule has 3 rings (SSSR count). The van der Waals surface area contributed by atoms with Crippen LogP contribution in [0.15, 0.2) is 30.5 Å². The average Bonchev–Trinajstić information content (AvgIpc) is 2.94. The van der Waals surface area contributed by atoms with Crippen molar-refractivity contribution in [2.45, 2.75) is 24.7 Å². The van der Waals surface area contributed by atoms with E-state index in [-0.39, 0.29) is 12.0 Å². The van der Waals surface area contributed by atoms with Gasteiger partial charge in [-0.1, -0.05) is 0 Å². The van der Waals surface area contributed by atoms with Crippen molar-refractivity contribution in [2.75, 3.05) is 5.73 Å². The minimum Gasteiger partial charge on any atom is -0.388 e. The minimum absolute atomic E-state index is 0.182. The Balaban J connectivity index is 2.09. The van der Waals surface area contributed by atoms with Gasteiger partial charge in [0.05, 0.1) is 24.2 Å². The molecule has 1 saturated carbocycles. The van der Waals surface area contributed by atoms with Crippen LogP contribution in [0.2, 0.25) is 0 Å². The molecular formula is C12H13FN4O2. The molecule has 1 aliphatic carbocycles. The second-order valence-corrected chi connectivity index (χ2v) is 4.61. The van der Waals surface area contributed by atoms with Crippen LogP contribution in [0.5, 0.6) is 0 Å². The van der Waals surface area contributed by atoms with Crippen LogP contribution in [0.1, 0.15) is 12.5 Å². The van der Waals surface area contributed by atoms with E-state index in [1.807, 2.05) is 0 Å². The van der Waals surface area contributed by atoms with Crippen molar-refractivity contribution in [1.29, 1.82) is 0 Å². The van der Waals surface area contributed by atoms with Gasteiger partial charge >= 0.3 is 0 Å². The highest BCUT2D eigenvalue weighted by molar-refractivity contribution is 5.84. The van der Waals surface area contributed by atoms with Gasteiger partial charge in [0.1, 0.15) is 17.7 Å². The molecule has 0 spiro atoms. The zero-order valence-corrected chi connectivity index (χ0v) is 9.94. The number of hydrogen-bond donors (Lipinski definition) is 3. The number of hydrogen-bond acceptors (Lipinski definition) is 5. The molecule has 2 heterocycles. The van der Waals surface area contributed by atoms with Gasteiger partial charge in [-0.3, -0.25) is 0 Å². The van der Waals surface area contributed by atoms with Crippen LogP contribution in [0.4, 0.5) is 10.2 Å². The number of nitrogens with zero attached hydrogens (tertiary/aromatic N) is 3. The van der Waals surface area contributed by atoms with Crippen molar-refractivity contribution in [3.05, 3.63) is 30.5 Å². The molecule has 1 aliphatic rings. The smallest absolute Gasteiger partial charge is 0.151 e. The molecule has 2 aromatic heterocycles. The first-order chi connectivity index (χ1) is 9.13. The Kier molecular flexibility index (Phi) is 2.72. The number of aliphatic hydroxyl groups is 2. The third-order valence-electron chi connectivity index (χ3n) is 3.56. The summed E-state index contributed by atoms with van der Waals surface area (Å²) < 4.78 is 14.3. The number of fused-ring (bicyclic) bond motifs is 1. The number of rotatable bonds is 1. The quantitative estimate of drug-likeness (QED) is 0.698. The Labute approximate surface area is 108 Å². The lowest BCUT2D eigenvalue weighted by molar-refractivity contribution is 0.0357. The first-order valence-electron chi connectivity index (χ1n) is 5.85. The maximum absolute atomic E-state index is 12.6. The maximum atomic E-state index is 12.6. The second-order valence-electron chi connectivity index (χ2n) is 4.61. The molecule has 3 atom stereocenters. The number of pyridine rings is 1. The number of halogens is 1. The fraction of sp³-hybridized carbons (Fsp3) is 0.333. The molecule has 2 aromatic rings. The fourth-order valence-corrected chi connectivity index (χ4v) is 2.53. The van der Waals surface area contributed by atoms with Gasteiger partial charge < -0.3 is 20.5 Å². The molecule has 0 unspecified atom stereocenters. The Hall–Kier alpha value is -1.99. The van der Waals surface area contributed by atoms with Gasteiger partial charge in [-0.15, -0.1) is 0 Å². The van der Waals surface area contributed by atoms with E-state index in [0.717, 1.165) is 0 Å². The van der Waals surface area contributed by atoms with E-state index in [4.69, 9.17) is 5.73 Å². The Morgan fingerprint density at radius 3 is 2.89 bits per heavy atom. The maximum Gasteiger partial charge on any atom is 0.151 e. The summed E-state index contributed by atoms with van der Waals surface area (Å²) >= 11 is 0. The van der Waals surface area contributed by atoms with Crippen molar-refractivity contribution in [3.8, 4) is 0 Å². The summed E-state index contributed by atoms with van der Waals surface area (Å²) in [5, 5.41) is 19.7. The second kappa shape index (κ2) is 4.29. The van der Waals surface area contributed by atoms with E-state index in [1.54, 1.807) is 16.8 Å². The SMILES string of the molecule is Nc1nccc2c1ncn2[C@@H]1C/C(=C\F)[C@@H](O)[C@H]1O. The largest absolute Gasteiger partial charge is 0.388 e. The van der Waals surface area contributed by atoms with Crippen LogP contribution in [0.25, 0.3) is 11.0 Å². The average molecular weight is 264 g/mol. The van der Waals surface area contributed by atoms with Crippen molar-refractivity contribution >= 4 is 16.9 Å². The lowest BCUT2D eigenvalue weighted by Gasteiger charge is -2.18. The van der Waals surface area contributed by atoms with E-state index in [0.29, 0.717) is 23.2 Å². The summed E-state index contributed by atoms with van der Waals surface area (Å²) in [6.45, 7) is 0. The number of aromatic nitrogens is 3. The van der Waals surface area contributed by atoms with Crippen LogP contribution in [0.3, 0.4) is 0 Å². The molecule has 7 heteroatoms. The molecule has 0 aliphatic heterocycles. The molecule has 4 N–H and O–H groups in total. The predicted octanol–water partition coefficient (Wildman–Crippen LogP) is 0.533. The van der Waals surface area contributed by atoms with E-state index >= 15 is 0 Å². The molecule has 1 fully saturated rings. The number of imidazole rings is 1.